The lowest BCUT2D eigenvalue weighted by Crippen LogP contribution is -2.42. The topological polar surface area (TPSA) is 23.5 Å². The number of nitrogens with zero attached hydrogens (tertiary/aromatic N) is 1. The van der Waals surface area contributed by atoms with Crippen LogP contribution in [0.2, 0.25) is 0 Å². The highest BCUT2D eigenvalue weighted by molar-refractivity contribution is 5.15. The van der Waals surface area contributed by atoms with Gasteiger partial charge in [0.2, 0.25) is 0 Å². The Balaban J connectivity index is 2.07. The van der Waals surface area contributed by atoms with Gasteiger partial charge in [-0.1, -0.05) is 44.2 Å². The summed E-state index contributed by atoms with van der Waals surface area (Å²) in [5, 5.41) is 9.58. The van der Waals surface area contributed by atoms with Crippen molar-refractivity contribution in [2.45, 2.75) is 45.3 Å². The SMILES string of the molecule is CC(C)C(CO)N(Cc1ccccc1)C1CC1. The molecular formula is C15H23NO. The van der Waals surface area contributed by atoms with Crippen molar-refractivity contribution in [1.82, 2.24) is 4.90 Å². The summed E-state index contributed by atoms with van der Waals surface area (Å²) in [4.78, 5) is 2.49. The second kappa shape index (κ2) is 5.65. The Morgan fingerprint density at radius 1 is 1.24 bits per heavy atom. The molecule has 0 aromatic heterocycles. The largest absolute Gasteiger partial charge is 0.395 e. The molecule has 1 aromatic rings. The van der Waals surface area contributed by atoms with Crippen molar-refractivity contribution in [3.8, 4) is 0 Å². The molecule has 1 saturated carbocycles. The summed E-state index contributed by atoms with van der Waals surface area (Å²) in [6.07, 6.45) is 2.58. The van der Waals surface area contributed by atoms with Crippen molar-refractivity contribution in [3.05, 3.63) is 35.9 Å². The van der Waals surface area contributed by atoms with E-state index < -0.39 is 0 Å². The molecule has 94 valence electrons. The molecule has 1 aliphatic carbocycles. The molecule has 1 unspecified atom stereocenters. The smallest absolute Gasteiger partial charge is 0.0589 e. The number of hydrogen-bond donors (Lipinski definition) is 1. The summed E-state index contributed by atoms with van der Waals surface area (Å²) >= 11 is 0. The number of aliphatic hydroxyl groups is 1. The first-order chi connectivity index (χ1) is 8.22. The Morgan fingerprint density at radius 3 is 2.35 bits per heavy atom. The molecule has 1 N–H and O–H groups in total. The van der Waals surface area contributed by atoms with Gasteiger partial charge in [-0.15, -0.1) is 0 Å². The second-order valence-electron chi connectivity index (χ2n) is 5.38. The van der Waals surface area contributed by atoms with Crippen LogP contribution in [0.5, 0.6) is 0 Å². The molecule has 1 fully saturated rings. The van der Waals surface area contributed by atoms with Gasteiger partial charge in [0.1, 0.15) is 0 Å². The lowest BCUT2D eigenvalue weighted by molar-refractivity contribution is 0.0779. The molecule has 2 heteroatoms. The highest BCUT2D eigenvalue weighted by Crippen LogP contribution is 2.32. The number of rotatable bonds is 6. The van der Waals surface area contributed by atoms with E-state index >= 15 is 0 Å². The van der Waals surface area contributed by atoms with E-state index in [0.29, 0.717) is 18.0 Å². The van der Waals surface area contributed by atoms with Crippen LogP contribution in [0.25, 0.3) is 0 Å². The zero-order chi connectivity index (χ0) is 12.3. The van der Waals surface area contributed by atoms with Gasteiger partial charge in [0.25, 0.3) is 0 Å². The Labute approximate surface area is 104 Å². The van der Waals surface area contributed by atoms with Crippen LogP contribution < -0.4 is 0 Å². The summed E-state index contributed by atoms with van der Waals surface area (Å²) in [5.41, 5.74) is 1.35. The Bertz CT molecular complexity index is 332. The van der Waals surface area contributed by atoms with Gasteiger partial charge in [-0.3, -0.25) is 4.90 Å². The molecule has 0 aliphatic heterocycles. The molecule has 0 heterocycles. The molecule has 0 spiro atoms. The van der Waals surface area contributed by atoms with Gasteiger partial charge in [0, 0.05) is 18.6 Å². The summed E-state index contributed by atoms with van der Waals surface area (Å²) < 4.78 is 0. The molecule has 1 aromatic carbocycles. The predicted octanol–water partition coefficient (Wildman–Crippen LogP) is 2.67. The van der Waals surface area contributed by atoms with Crippen molar-refractivity contribution < 1.29 is 5.11 Å². The summed E-state index contributed by atoms with van der Waals surface area (Å²) in [6.45, 7) is 5.62. The summed E-state index contributed by atoms with van der Waals surface area (Å²) in [6, 6.07) is 11.6. The average molecular weight is 233 g/mol. The number of hydrogen-bond acceptors (Lipinski definition) is 2. The van der Waals surface area contributed by atoms with Crippen molar-refractivity contribution in [2.75, 3.05) is 6.61 Å². The standard InChI is InChI=1S/C15H23NO/c1-12(2)15(11-17)16(14-8-9-14)10-13-6-4-3-5-7-13/h3-7,12,14-15,17H,8-11H2,1-2H3. The number of benzene rings is 1. The Hall–Kier alpha value is -0.860. The lowest BCUT2D eigenvalue weighted by Gasteiger charge is -2.33. The molecule has 0 radical (unpaired) electrons. The monoisotopic (exact) mass is 233 g/mol. The third-order valence-corrected chi connectivity index (χ3v) is 3.61. The minimum absolute atomic E-state index is 0.265. The second-order valence-corrected chi connectivity index (χ2v) is 5.38. The van der Waals surface area contributed by atoms with Crippen LogP contribution in [0.4, 0.5) is 0 Å². The van der Waals surface area contributed by atoms with E-state index in [1.165, 1.54) is 18.4 Å². The maximum Gasteiger partial charge on any atom is 0.0589 e. The fraction of sp³-hybridized carbons (Fsp3) is 0.600. The molecule has 2 rings (SSSR count). The fourth-order valence-electron chi connectivity index (χ4n) is 2.42. The zero-order valence-electron chi connectivity index (χ0n) is 10.8. The molecule has 0 saturated heterocycles. The van der Waals surface area contributed by atoms with Crippen molar-refractivity contribution in [2.24, 2.45) is 5.92 Å². The van der Waals surface area contributed by atoms with Crippen LogP contribution in [0, 0.1) is 5.92 Å². The third-order valence-electron chi connectivity index (χ3n) is 3.61. The fourth-order valence-corrected chi connectivity index (χ4v) is 2.42. The molecule has 17 heavy (non-hydrogen) atoms. The van der Waals surface area contributed by atoms with Gasteiger partial charge in [-0.25, -0.2) is 0 Å². The van der Waals surface area contributed by atoms with Crippen molar-refractivity contribution in [3.63, 3.8) is 0 Å². The van der Waals surface area contributed by atoms with E-state index in [4.69, 9.17) is 0 Å². The van der Waals surface area contributed by atoms with E-state index in [0.717, 1.165) is 6.54 Å². The van der Waals surface area contributed by atoms with E-state index in [1.807, 2.05) is 0 Å². The molecule has 0 amide bonds. The minimum Gasteiger partial charge on any atom is -0.395 e. The van der Waals surface area contributed by atoms with Crippen molar-refractivity contribution in [1.29, 1.82) is 0 Å². The first-order valence-electron chi connectivity index (χ1n) is 6.63. The molecule has 1 atom stereocenters. The molecule has 2 nitrogen and oxygen atoms in total. The average Bonchev–Trinajstić information content (AvgIpc) is 3.13. The van der Waals surface area contributed by atoms with Gasteiger partial charge in [-0.05, 0) is 24.3 Å². The Morgan fingerprint density at radius 2 is 1.88 bits per heavy atom. The summed E-state index contributed by atoms with van der Waals surface area (Å²) in [5.74, 6) is 0.504. The normalized spacial score (nSPS) is 17.7. The van der Waals surface area contributed by atoms with Crippen LogP contribution in [-0.4, -0.2) is 28.7 Å². The van der Waals surface area contributed by atoms with Gasteiger partial charge in [-0.2, -0.15) is 0 Å². The van der Waals surface area contributed by atoms with Gasteiger partial charge in [0.15, 0.2) is 0 Å². The molecule has 1 aliphatic rings. The zero-order valence-corrected chi connectivity index (χ0v) is 10.8. The van der Waals surface area contributed by atoms with Crippen molar-refractivity contribution >= 4 is 0 Å². The maximum absolute atomic E-state index is 9.58. The van der Waals surface area contributed by atoms with Gasteiger partial charge >= 0.3 is 0 Å². The molecular weight excluding hydrogens is 210 g/mol. The minimum atomic E-state index is 0.265. The quantitative estimate of drug-likeness (QED) is 0.816. The van der Waals surface area contributed by atoms with Crippen LogP contribution in [0.1, 0.15) is 32.3 Å². The highest BCUT2D eigenvalue weighted by Gasteiger charge is 2.34. The number of aliphatic hydroxyl groups excluding tert-OH is 1. The maximum atomic E-state index is 9.58. The van der Waals surface area contributed by atoms with Gasteiger partial charge in [0.05, 0.1) is 6.61 Å². The Kier molecular flexibility index (Phi) is 4.19. The third kappa shape index (κ3) is 3.30. The highest BCUT2D eigenvalue weighted by atomic mass is 16.3. The van der Waals surface area contributed by atoms with Crippen LogP contribution in [-0.2, 0) is 6.54 Å². The van der Waals surface area contributed by atoms with Crippen LogP contribution in [0.15, 0.2) is 30.3 Å². The predicted molar refractivity (Wildman–Crippen MR) is 70.7 cm³/mol. The van der Waals surface area contributed by atoms with E-state index in [-0.39, 0.29) is 6.61 Å². The van der Waals surface area contributed by atoms with E-state index in [2.05, 4.69) is 49.1 Å². The van der Waals surface area contributed by atoms with E-state index in [1.54, 1.807) is 0 Å². The lowest BCUT2D eigenvalue weighted by atomic mass is 10.0. The first kappa shape index (κ1) is 12.6. The van der Waals surface area contributed by atoms with Crippen LogP contribution >= 0.6 is 0 Å². The van der Waals surface area contributed by atoms with E-state index in [9.17, 15) is 5.11 Å². The first-order valence-corrected chi connectivity index (χ1v) is 6.63. The molecule has 0 bridgehead atoms. The summed E-state index contributed by atoms with van der Waals surface area (Å²) in [7, 11) is 0. The van der Waals surface area contributed by atoms with Crippen LogP contribution in [0.3, 0.4) is 0 Å². The van der Waals surface area contributed by atoms with Gasteiger partial charge < -0.3 is 5.11 Å².